The molecule has 1 N–H and O–H groups in total. The lowest BCUT2D eigenvalue weighted by molar-refractivity contribution is 0.261. The molecular weight excluding hydrogens is 182 g/mol. The van der Waals surface area contributed by atoms with Crippen LogP contribution < -0.4 is 5.32 Å². The average Bonchev–Trinajstić information content (AvgIpc) is 2.11. The summed E-state index contributed by atoms with van der Waals surface area (Å²) in [6.45, 7) is 13.8. The Morgan fingerprint density at radius 1 is 1.00 bits per heavy atom. The molecule has 0 aliphatic heterocycles. The molecule has 15 heavy (non-hydrogen) atoms. The fourth-order valence-corrected chi connectivity index (χ4v) is 1.64. The van der Waals surface area contributed by atoms with E-state index in [4.69, 9.17) is 0 Å². The van der Waals surface area contributed by atoms with E-state index in [0.717, 1.165) is 0 Å². The van der Waals surface area contributed by atoms with Gasteiger partial charge < -0.3 is 5.32 Å². The summed E-state index contributed by atoms with van der Waals surface area (Å²) in [7, 11) is 0. The highest BCUT2D eigenvalue weighted by atomic mass is 14.9. The van der Waals surface area contributed by atoms with Crippen molar-refractivity contribution in [3.05, 3.63) is 0 Å². The lowest BCUT2D eigenvalue weighted by Gasteiger charge is -2.31. The molecular formula is C14H31N. The Hall–Kier alpha value is -0.0400. The fourth-order valence-electron chi connectivity index (χ4n) is 1.64. The molecule has 0 aliphatic rings. The quantitative estimate of drug-likeness (QED) is 0.619. The minimum absolute atomic E-state index is 0.373. The molecule has 0 heterocycles. The van der Waals surface area contributed by atoms with Crippen molar-refractivity contribution in [3.8, 4) is 0 Å². The van der Waals surface area contributed by atoms with Crippen LogP contribution in [0.5, 0.6) is 0 Å². The van der Waals surface area contributed by atoms with E-state index >= 15 is 0 Å². The van der Waals surface area contributed by atoms with Gasteiger partial charge in [0, 0.05) is 12.1 Å². The van der Waals surface area contributed by atoms with Gasteiger partial charge in [-0.15, -0.1) is 0 Å². The number of hydrogen-bond acceptors (Lipinski definition) is 1. The van der Waals surface area contributed by atoms with Crippen LogP contribution in [0.25, 0.3) is 0 Å². The van der Waals surface area contributed by atoms with Crippen molar-refractivity contribution in [2.24, 2.45) is 5.41 Å². The van der Waals surface area contributed by atoms with Crippen molar-refractivity contribution in [2.45, 2.75) is 85.7 Å². The van der Waals surface area contributed by atoms with Gasteiger partial charge in [0.25, 0.3) is 0 Å². The zero-order valence-electron chi connectivity index (χ0n) is 11.7. The monoisotopic (exact) mass is 213 g/mol. The van der Waals surface area contributed by atoms with Crippen molar-refractivity contribution in [1.82, 2.24) is 5.32 Å². The molecule has 0 aromatic carbocycles. The Balaban J connectivity index is 3.60. The lowest BCUT2D eigenvalue weighted by atomic mass is 9.87. The first-order chi connectivity index (χ1) is 6.88. The van der Waals surface area contributed by atoms with Gasteiger partial charge in [-0.25, -0.2) is 0 Å². The lowest BCUT2D eigenvalue weighted by Crippen LogP contribution is -2.42. The Labute approximate surface area is 97.0 Å². The maximum Gasteiger partial charge on any atom is 0.00897 e. The molecule has 2 unspecified atom stereocenters. The second-order valence-electron chi connectivity index (χ2n) is 6.00. The summed E-state index contributed by atoms with van der Waals surface area (Å²) in [6.07, 6.45) is 6.81. The summed E-state index contributed by atoms with van der Waals surface area (Å²) in [6, 6.07) is 1.26. The van der Waals surface area contributed by atoms with Crippen molar-refractivity contribution >= 4 is 0 Å². The Morgan fingerprint density at radius 2 is 1.60 bits per heavy atom. The van der Waals surface area contributed by atoms with E-state index in [2.05, 4.69) is 46.9 Å². The number of hydrogen-bond donors (Lipinski definition) is 1. The van der Waals surface area contributed by atoms with Crippen molar-refractivity contribution in [3.63, 3.8) is 0 Å². The van der Waals surface area contributed by atoms with Crippen LogP contribution in [0.1, 0.15) is 73.6 Å². The first-order valence-corrected chi connectivity index (χ1v) is 6.64. The van der Waals surface area contributed by atoms with Crippen LogP contribution >= 0.6 is 0 Å². The van der Waals surface area contributed by atoms with Crippen LogP contribution in [0.3, 0.4) is 0 Å². The average molecular weight is 213 g/mol. The predicted octanol–water partition coefficient (Wildman–Crippen LogP) is 4.37. The smallest absolute Gasteiger partial charge is 0.00897 e. The molecule has 0 aromatic heterocycles. The molecule has 0 rings (SSSR count). The van der Waals surface area contributed by atoms with E-state index in [0.29, 0.717) is 17.5 Å². The van der Waals surface area contributed by atoms with E-state index in [1.807, 2.05) is 0 Å². The molecule has 0 radical (unpaired) electrons. The molecule has 2 atom stereocenters. The standard InChI is InChI=1S/C14H31N/c1-7-8-9-10-11-12(2)15-13(3)14(4,5)6/h12-13,15H,7-11H2,1-6H3. The van der Waals surface area contributed by atoms with Crippen LogP contribution in [0.4, 0.5) is 0 Å². The summed E-state index contributed by atoms with van der Waals surface area (Å²) in [5, 5.41) is 3.70. The minimum Gasteiger partial charge on any atom is -0.311 e. The van der Waals surface area contributed by atoms with Gasteiger partial charge >= 0.3 is 0 Å². The molecule has 0 saturated heterocycles. The van der Waals surface area contributed by atoms with Gasteiger partial charge in [0.2, 0.25) is 0 Å². The van der Waals surface area contributed by atoms with Crippen LogP contribution in [0.15, 0.2) is 0 Å². The molecule has 0 saturated carbocycles. The summed E-state index contributed by atoms with van der Waals surface area (Å²) >= 11 is 0. The van der Waals surface area contributed by atoms with Crippen LogP contribution in [0, 0.1) is 5.41 Å². The number of rotatable bonds is 7. The molecule has 1 heteroatoms. The van der Waals surface area contributed by atoms with E-state index in [1.165, 1.54) is 32.1 Å². The minimum atomic E-state index is 0.373. The highest BCUT2D eigenvalue weighted by molar-refractivity contribution is 4.78. The Kier molecular flexibility index (Phi) is 7.25. The maximum absolute atomic E-state index is 3.70. The zero-order valence-corrected chi connectivity index (χ0v) is 11.7. The Bertz CT molecular complexity index is 146. The molecule has 0 fully saturated rings. The molecule has 0 aromatic rings. The van der Waals surface area contributed by atoms with Gasteiger partial charge in [-0.3, -0.25) is 0 Å². The molecule has 92 valence electrons. The topological polar surface area (TPSA) is 12.0 Å². The van der Waals surface area contributed by atoms with E-state index in [9.17, 15) is 0 Å². The van der Waals surface area contributed by atoms with Gasteiger partial charge in [0.15, 0.2) is 0 Å². The van der Waals surface area contributed by atoms with Gasteiger partial charge in [0.1, 0.15) is 0 Å². The van der Waals surface area contributed by atoms with Gasteiger partial charge in [-0.2, -0.15) is 0 Å². The largest absolute Gasteiger partial charge is 0.311 e. The van der Waals surface area contributed by atoms with Crippen LogP contribution in [-0.2, 0) is 0 Å². The van der Waals surface area contributed by atoms with Crippen molar-refractivity contribution < 1.29 is 0 Å². The van der Waals surface area contributed by atoms with E-state index in [-0.39, 0.29) is 0 Å². The molecule has 0 aliphatic carbocycles. The summed E-state index contributed by atoms with van der Waals surface area (Å²) in [4.78, 5) is 0. The fraction of sp³-hybridized carbons (Fsp3) is 1.00. The molecule has 1 nitrogen and oxygen atoms in total. The molecule has 0 bridgehead atoms. The second kappa shape index (κ2) is 7.27. The number of unbranched alkanes of at least 4 members (excludes halogenated alkanes) is 3. The highest BCUT2D eigenvalue weighted by Crippen LogP contribution is 2.19. The summed E-state index contributed by atoms with van der Waals surface area (Å²) < 4.78 is 0. The Morgan fingerprint density at radius 3 is 2.07 bits per heavy atom. The third-order valence-corrected chi connectivity index (χ3v) is 3.32. The predicted molar refractivity (Wildman–Crippen MR) is 70.3 cm³/mol. The first kappa shape index (κ1) is 15.0. The van der Waals surface area contributed by atoms with Crippen LogP contribution in [0.2, 0.25) is 0 Å². The SMILES string of the molecule is CCCCCCC(C)NC(C)C(C)(C)C. The highest BCUT2D eigenvalue weighted by Gasteiger charge is 2.20. The van der Waals surface area contributed by atoms with Crippen molar-refractivity contribution in [2.75, 3.05) is 0 Å². The first-order valence-electron chi connectivity index (χ1n) is 6.64. The van der Waals surface area contributed by atoms with E-state index in [1.54, 1.807) is 0 Å². The third kappa shape index (κ3) is 7.84. The third-order valence-electron chi connectivity index (χ3n) is 3.32. The second-order valence-corrected chi connectivity index (χ2v) is 6.00. The molecule has 0 amide bonds. The van der Waals surface area contributed by atoms with Gasteiger partial charge in [-0.1, -0.05) is 53.4 Å². The van der Waals surface area contributed by atoms with Gasteiger partial charge in [0.05, 0.1) is 0 Å². The summed E-state index contributed by atoms with van der Waals surface area (Å²) in [5.74, 6) is 0. The number of nitrogens with one attached hydrogen (secondary N) is 1. The molecule has 0 spiro atoms. The maximum atomic E-state index is 3.70. The van der Waals surface area contributed by atoms with Gasteiger partial charge in [-0.05, 0) is 25.7 Å². The normalized spacial score (nSPS) is 16.4. The van der Waals surface area contributed by atoms with Crippen molar-refractivity contribution in [1.29, 1.82) is 0 Å². The zero-order chi connectivity index (χ0) is 11.9. The van der Waals surface area contributed by atoms with E-state index < -0.39 is 0 Å². The van der Waals surface area contributed by atoms with Crippen LogP contribution in [-0.4, -0.2) is 12.1 Å². The summed E-state index contributed by atoms with van der Waals surface area (Å²) in [5.41, 5.74) is 0.373.